The lowest BCUT2D eigenvalue weighted by Crippen LogP contribution is -2.63. The predicted octanol–water partition coefficient (Wildman–Crippen LogP) is 4.39. The summed E-state index contributed by atoms with van der Waals surface area (Å²) in [5.41, 5.74) is -1.95. The van der Waals surface area contributed by atoms with Crippen molar-refractivity contribution in [3.63, 3.8) is 0 Å². The molecule has 0 aliphatic heterocycles. The molecule has 0 aromatic rings. The van der Waals surface area contributed by atoms with Crippen LogP contribution in [0.25, 0.3) is 0 Å². The second-order valence-electron chi connectivity index (χ2n) is 10.3. The van der Waals surface area contributed by atoms with Gasteiger partial charge in [-0.3, -0.25) is 9.59 Å². The minimum atomic E-state index is -1.34. The Balaban J connectivity index is 1.80. The molecule has 2 N–H and O–H groups in total. The lowest BCUT2D eigenvalue weighted by molar-refractivity contribution is -0.185. The third kappa shape index (κ3) is 2.85. The summed E-state index contributed by atoms with van der Waals surface area (Å²) in [6.07, 6.45) is 4.48. The summed E-state index contributed by atoms with van der Waals surface area (Å²) in [5.74, 6) is -2.24. The van der Waals surface area contributed by atoms with E-state index < -0.39 is 40.1 Å². The number of ketones is 1. The van der Waals surface area contributed by atoms with Gasteiger partial charge >= 0.3 is 5.97 Å². The SMILES string of the molecule is CCC(=O)O[C@]1(C(O)=S)[C@H](C)C[C@H]2[C@@H]3CCC4=CC(=O)C(F)=C[C@]4(C)[C@H]3[C@@H](O)C[C@@]21C. The van der Waals surface area contributed by atoms with Crippen LogP contribution in [0.5, 0.6) is 0 Å². The number of esters is 1. The molecule has 31 heavy (non-hydrogen) atoms. The van der Waals surface area contributed by atoms with Gasteiger partial charge < -0.3 is 14.9 Å². The Labute approximate surface area is 187 Å². The van der Waals surface area contributed by atoms with E-state index in [4.69, 9.17) is 17.0 Å². The zero-order valence-corrected chi connectivity index (χ0v) is 19.3. The number of halogens is 1. The quantitative estimate of drug-likeness (QED) is 0.490. The van der Waals surface area contributed by atoms with Gasteiger partial charge in [-0.05, 0) is 61.9 Å². The summed E-state index contributed by atoms with van der Waals surface area (Å²) in [6.45, 7) is 7.50. The molecule has 3 saturated carbocycles. The number of hydrogen-bond acceptors (Lipinski definition) is 5. The van der Waals surface area contributed by atoms with Crippen molar-refractivity contribution in [3.05, 3.63) is 23.6 Å². The molecule has 0 spiro atoms. The number of hydrogen-bond donors (Lipinski definition) is 2. The molecule has 0 amide bonds. The highest BCUT2D eigenvalue weighted by molar-refractivity contribution is 7.80. The maximum atomic E-state index is 14.4. The number of ether oxygens (including phenoxy) is 1. The molecule has 0 bridgehead atoms. The second kappa shape index (κ2) is 7.20. The van der Waals surface area contributed by atoms with Crippen LogP contribution in [0.1, 0.15) is 59.8 Å². The van der Waals surface area contributed by atoms with Crippen molar-refractivity contribution in [2.24, 2.45) is 34.5 Å². The molecule has 0 aromatic heterocycles. The minimum absolute atomic E-state index is 0.0205. The fourth-order valence-electron chi connectivity index (χ4n) is 7.67. The number of thiocarbonyl (C=S) groups is 1. The first-order valence-electron chi connectivity index (χ1n) is 11.2. The van der Waals surface area contributed by atoms with Crippen molar-refractivity contribution < 1.29 is 28.9 Å². The molecule has 0 aromatic carbocycles. The molecule has 3 fully saturated rings. The predicted molar refractivity (Wildman–Crippen MR) is 117 cm³/mol. The van der Waals surface area contributed by atoms with Crippen molar-refractivity contribution in [3.8, 4) is 0 Å². The zero-order valence-electron chi connectivity index (χ0n) is 18.5. The van der Waals surface area contributed by atoms with Crippen LogP contribution in [-0.2, 0) is 14.3 Å². The van der Waals surface area contributed by atoms with Crippen LogP contribution in [0, 0.1) is 34.5 Å². The Morgan fingerprint density at radius 1 is 1.39 bits per heavy atom. The van der Waals surface area contributed by atoms with Gasteiger partial charge in [0, 0.05) is 29.1 Å². The summed E-state index contributed by atoms with van der Waals surface area (Å²) in [7, 11) is 0. The van der Waals surface area contributed by atoms with Gasteiger partial charge in [0.1, 0.15) is 0 Å². The van der Waals surface area contributed by atoms with E-state index >= 15 is 0 Å². The first kappa shape index (κ1) is 22.6. The van der Waals surface area contributed by atoms with Crippen LogP contribution in [0.3, 0.4) is 0 Å². The monoisotopic (exact) mass is 450 g/mol. The van der Waals surface area contributed by atoms with Gasteiger partial charge in [0.2, 0.25) is 10.8 Å². The summed E-state index contributed by atoms with van der Waals surface area (Å²) in [5, 5.41) is 21.8. The van der Waals surface area contributed by atoms with Gasteiger partial charge in [-0.15, -0.1) is 0 Å². The molecule has 4 aliphatic carbocycles. The van der Waals surface area contributed by atoms with Gasteiger partial charge in [0.25, 0.3) is 0 Å². The molecule has 0 heterocycles. The summed E-state index contributed by atoms with van der Waals surface area (Å²) >= 11 is 5.27. The molecule has 8 atom stereocenters. The third-order valence-electron chi connectivity index (χ3n) is 8.97. The standard InChI is InChI=1S/C24H31FO5S/c1-5-19(28)30-24(21(29)31)12(2)8-15-14-7-6-13-9-17(26)16(25)10-22(13,3)20(14)18(27)11-23(15,24)4/h9-10,12,14-15,18,20,27H,5-8,11H2,1-4H3,(H,29,31)/t12-,14+,15+,18+,20-,22+,23+,24+/m1/s1. The topological polar surface area (TPSA) is 83.8 Å². The van der Waals surface area contributed by atoms with Gasteiger partial charge in [0.15, 0.2) is 11.4 Å². The number of carbonyl (C=O) groups is 2. The summed E-state index contributed by atoms with van der Waals surface area (Å²) in [6, 6.07) is 0. The average Bonchev–Trinajstić information content (AvgIpc) is 2.90. The second-order valence-corrected chi connectivity index (χ2v) is 10.7. The number of allylic oxidation sites excluding steroid dienone is 4. The number of fused-ring (bicyclic) bond motifs is 5. The third-order valence-corrected chi connectivity index (χ3v) is 9.28. The highest BCUT2D eigenvalue weighted by atomic mass is 32.1. The van der Waals surface area contributed by atoms with Crippen molar-refractivity contribution >= 4 is 29.0 Å². The Kier molecular flexibility index (Phi) is 5.25. The van der Waals surface area contributed by atoms with E-state index in [2.05, 4.69) is 0 Å². The van der Waals surface area contributed by atoms with Gasteiger partial charge in [-0.1, -0.05) is 33.3 Å². The molecular weight excluding hydrogens is 419 g/mol. The molecular formula is C24H31FO5S. The van der Waals surface area contributed by atoms with E-state index in [0.717, 1.165) is 12.0 Å². The first-order valence-corrected chi connectivity index (χ1v) is 11.6. The van der Waals surface area contributed by atoms with Gasteiger partial charge in [-0.2, -0.15) is 0 Å². The average molecular weight is 451 g/mol. The van der Waals surface area contributed by atoms with Crippen LogP contribution >= 0.6 is 12.2 Å². The summed E-state index contributed by atoms with van der Waals surface area (Å²) in [4.78, 5) is 24.3. The highest BCUT2D eigenvalue weighted by Gasteiger charge is 2.72. The first-order chi connectivity index (χ1) is 14.4. The van der Waals surface area contributed by atoms with E-state index in [1.807, 2.05) is 20.8 Å². The van der Waals surface area contributed by atoms with E-state index in [9.17, 15) is 24.2 Å². The van der Waals surface area contributed by atoms with Crippen LogP contribution in [0.4, 0.5) is 4.39 Å². The highest BCUT2D eigenvalue weighted by Crippen LogP contribution is 2.69. The Morgan fingerprint density at radius 2 is 2.06 bits per heavy atom. The fourth-order valence-corrected chi connectivity index (χ4v) is 8.15. The lowest BCUT2D eigenvalue weighted by Gasteiger charge is -2.59. The van der Waals surface area contributed by atoms with Gasteiger partial charge in [0.05, 0.1) is 6.10 Å². The van der Waals surface area contributed by atoms with Crippen molar-refractivity contribution in [2.45, 2.75) is 71.5 Å². The molecule has 0 radical (unpaired) electrons. The van der Waals surface area contributed by atoms with Crippen LogP contribution < -0.4 is 0 Å². The van der Waals surface area contributed by atoms with E-state index in [-0.39, 0.29) is 41.6 Å². The van der Waals surface area contributed by atoms with Crippen molar-refractivity contribution in [2.75, 3.05) is 0 Å². The van der Waals surface area contributed by atoms with E-state index in [0.29, 0.717) is 12.8 Å². The Morgan fingerprint density at radius 3 is 2.68 bits per heavy atom. The number of aliphatic hydroxyl groups is 2. The van der Waals surface area contributed by atoms with Crippen molar-refractivity contribution in [1.29, 1.82) is 0 Å². The fraction of sp³-hybridized carbons (Fsp3) is 0.708. The number of carbonyl (C=O) groups excluding carboxylic acids is 2. The molecule has 4 aliphatic rings. The lowest BCUT2D eigenvalue weighted by atomic mass is 9.46. The number of rotatable bonds is 3. The van der Waals surface area contributed by atoms with Crippen LogP contribution in [-0.4, -0.2) is 38.7 Å². The normalized spacial score (nSPS) is 46.3. The maximum absolute atomic E-state index is 14.4. The van der Waals surface area contributed by atoms with Crippen LogP contribution in [0.15, 0.2) is 23.6 Å². The van der Waals surface area contributed by atoms with E-state index in [1.54, 1.807) is 6.92 Å². The number of aliphatic hydroxyl groups excluding tert-OH is 2. The minimum Gasteiger partial charge on any atom is -0.499 e. The summed E-state index contributed by atoms with van der Waals surface area (Å²) < 4.78 is 20.3. The Hall–Kier alpha value is -1.60. The van der Waals surface area contributed by atoms with E-state index in [1.165, 1.54) is 12.2 Å². The molecule has 0 saturated heterocycles. The molecule has 170 valence electrons. The maximum Gasteiger partial charge on any atom is 0.306 e. The molecule has 4 rings (SSSR count). The Bertz CT molecular complexity index is 912. The van der Waals surface area contributed by atoms with Crippen LogP contribution in [0.2, 0.25) is 0 Å². The molecule has 0 unspecified atom stereocenters. The van der Waals surface area contributed by atoms with Gasteiger partial charge in [-0.25, -0.2) is 4.39 Å². The zero-order chi connectivity index (χ0) is 22.9. The largest absolute Gasteiger partial charge is 0.499 e. The molecule has 7 heteroatoms. The molecule has 5 nitrogen and oxygen atoms in total. The smallest absolute Gasteiger partial charge is 0.306 e. The van der Waals surface area contributed by atoms with Crippen molar-refractivity contribution in [1.82, 2.24) is 0 Å².